The smallest absolute Gasteiger partial charge is 0.244 e. The van der Waals surface area contributed by atoms with Crippen LogP contribution in [0.2, 0.25) is 0 Å². The Kier molecular flexibility index (Phi) is 5.78. The van der Waals surface area contributed by atoms with Crippen molar-refractivity contribution in [2.24, 2.45) is 0 Å². The molecule has 5 nitrogen and oxygen atoms in total. The third-order valence-electron chi connectivity index (χ3n) is 4.36. The van der Waals surface area contributed by atoms with Crippen molar-refractivity contribution in [3.05, 3.63) is 52.8 Å². The first kappa shape index (κ1) is 18.2. The number of rotatable bonds is 6. The van der Waals surface area contributed by atoms with Crippen molar-refractivity contribution in [2.45, 2.75) is 33.4 Å². The van der Waals surface area contributed by atoms with E-state index >= 15 is 0 Å². The Morgan fingerprint density at radius 2 is 1.83 bits per heavy atom. The highest BCUT2D eigenvalue weighted by Gasteiger charge is 2.27. The number of benzene rings is 1. The maximum absolute atomic E-state index is 13.0. The lowest BCUT2D eigenvalue weighted by Gasteiger charge is -2.29. The first-order valence-corrected chi connectivity index (χ1v) is 8.29. The number of carbonyl (C=O) groups excluding carboxylic acids is 1. The van der Waals surface area contributed by atoms with Gasteiger partial charge in [0.25, 0.3) is 0 Å². The van der Waals surface area contributed by atoms with E-state index in [4.69, 9.17) is 0 Å². The van der Waals surface area contributed by atoms with Gasteiger partial charge in [-0.25, -0.2) is 0 Å². The molecule has 5 heteroatoms. The number of amides is 1. The molecule has 0 bridgehead atoms. The highest BCUT2D eigenvalue weighted by molar-refractivity contribution is 5.83. The Morgan fingerprint density at radius 1 is 1.17 bits per heavy atom. The molecule has 1 amide bonds. The first-order chi connectivity index (χ1) is 11.3. The predicted octanol–water partition coefficient (Wildman–Crippen LogP) is 2.57. The summed E-state index contributed by atoms with van der Waals surface area (Å²) in [4.78, 5) is 16.8. The molecule has 1 heterocycles. The van der Waals surface area contributed by atoms with Gasteiger partial charge in [-0.1, -0.05) is 24.3 Å². The van der Waals surface area contributed by atoms with Gasteiger partial charge < -0.3 is 4.90 Å². The third-order valence-corrected chi connectivity index (χ3v) is 4.36. The van der Waals surface area contributed by atoms with E-state index in [9.17, 15) is 4.79 Å². The molecule has 1 atom stereocenters. The van der Waals surface area contributed by atoms with Crippen molar-refractivity contribution in [3.63, 3.8) is 0 Å². The van der Waals surface area contributed by atoms with E-state index in [0.29, 0.717) is 13.1 Å². The predicted molar refractivity (Wildman–Crippen MR) is 96.9 cm³/mol. The van der Waals surface area contributed by atoms with Crippen LogP contribution in [-0.4, -0.2) is 53.2 Å². The second-order valence-electron chi connectivity index (χ2n) is 6.63. The largest absolute Gasteiger partial charge is 0.342 e. The van der Waals surface area contributed by atoms with E-state index in [1.807, 2.05) is 62.8 Å². The number of nitrogens with zero attached hydrogens (tertiary/aromatic N) is 4. The van der Waals surface area contributed by atoms with Gasteiger partial charge >= 0.3 is 0 Å². The molecule has 130 valence electrons. The highest BCUT2D eigenvalue weighted by Crippen LogP contribution is 2.23. The van der Waals surface area contributed by atoms with Crippen LogP contribution in [0.15, 0.2) is 30.3 Å². The quantitative estimate of drug-likeness (QED) is 0.818. The van der Waals surface area contributed by atoms with Crippen molar-refractivity contribution in [1.29, 1.82) is 0 Å². The van der Waals surface area contributed by atoms with Crippen LogP contribution in [0.25, 0.3) is 0 Å². The van der Waals surface area contributed by atoms with Gasteiger partial charge in [0.05, 0.1) is 12.2 Å². The van der Waals surface area contributed by atoms with Crippen LogP contribution >= 0.6 is 0 Å². The summed E-state index contributed by atoms with van der Waals surface area (Å²) >= 11 is 0. The van der Waals surface area contributed by atoms with E-state index in [2.05, 4.69) is 24.2 Å². The highest BCUT2D eigenvalue weighted by atomic mass is 16.2. The van der Waals surface area contributed by atoms with E-state index in [1.54, 1.807) is 4.90 Å². The fourth-order valence-electron chi connectivity index (χ4n) is 2.99. The summed E-state index contributed by atoms with van der Waals surface area (Å²) < 4.78 is 1.96. The lowest BCUT2D eigenvalue weighted by molar-refractivity contribution is -0.135. The molecular weight excluding hydrogens is 300 g/mol. The summed E-state index contributed by atoms with van der Waals surface area (Å²) in [7, 11) is 5.76. The van der Waals surface area contributed by atoms with Gasteiger partial charge in [0, 0.05) is 19.3 Å². The Morgan fingerprint density at radius 3 is 2.38 bits per heavy atom. The van der Waals surface area contributed by atoms with E-state index < -0.39 is 0 Å². The minimum absolute atomic E-state index is 0.107. The molecule has 0 unspecified atom stereocenters. The number of aryl methyl sites for hydroxylation is 3. The molecule has 1 aromatic carbocycles. The molecule has 2 aromatic rings. The Hall–Kier alpha value is -2.14. The molecular formula is C19H28N4O. The summed E-state index contributed by atoms with van der Waals surface area (Å²) in [6, 6.07) is 9.86. The standard InChI is InChI=1S/C19H28N4O/c1-14-9-7-8-10-17(14)18(21(4)5)19(24)22(6)11-12-23-16(3)13-15(2)20-23/h7-10,13,18H,11-12H2,1-6H3/t18-/m1/s1. The molecule has 0 fully saturated rings. The zero-order valence-corrected chi connectivity index (χ0v) is 15.6. The van der Waals surface area contributed by atoms with Crippen molar-refractivity contribution in [1.82, 2.24) is 19.6 Å². The van der Waals surface area contributed by atoms with Crippen LogP contribution < -0.4 is 0 Å². The normalized spacial score (nSPS) is 12.5. The molecule has 1 aromatic heterocycles. The van der Waals surface area contributed by atoms with Crippen LogP contribution in [0, 0.1) is 20.8 Å². The van der Waals surface area contributed by atoms with Crippen LogP contribution in [0.3, 0.4) is 0 Å². The fraction of sp³-hybridized carbons (Fsp3) is 0.474. The number of hydrogen-bond donors (Lipinski definition) is 0. The lowest BCUT2D eigenvalue weighted by atomic mass is 9.99. The maximum atomic E-state index is 13.0. The van der Waals surface area contributed by atoms with Crippen LogP contribution in [0.1, 0.15) is 28.6 Å². The number of likely N-dealkylation sites (N-methyl/N-ethyl adjacent to an activating group) is 2. The first-order valence-electron chi connectivity index (χ1n) is 8.29. The van der Waals surface area contributed by atoms with Gasteiger partial charge in [-0.05, 0) is 52.1 Å². The Labute approximate surface area is 144 Å². The molecule has 0 aliphatic carbocycles. The van der Waals surface area contributed by atoms with Crippen LogP contribution in [0.4, 0.5) is 0 Å². The number of carbonyl (C=O) groups is 1. The minimum Gasteiger partial charge on any atom is -0.342 e. The zero-order chi connectivity index (χ0) is 17.9. The molecule has 24 heavy (non-hydrogen) atoms. The maximum Gasteiger partial charge on any atom is 0.244 e. The molecule has 0 spiro atoms. The average Bonchev–Trinajstić information content (AvgIpc) is 2.84. The van der Waals surface area contributed by atoms with Crippen molar-refractivity contribution < 1.29 is 4.79 Å². The summed E-state index contributed by atoms with van der Waals surface area (Å²) in [6.07, 6.45) is 0. The summed E-state index contributed by atoms with van der Waals surface area (Å²) in [5, 5.41) is 4.46. The second-order valence-corrected chi connectivity index (χ2v) is 6.63. The molecule has 0 radical (unpaired) electrons. The van der Waals surface area contributed by atoms with Crippen molar-refractivity contribution in [3.8, 4) is 0 Å². The Balaban J connectivity index is 2.12. The SMILES string of the molecule is Cc1cc(C)n(CCN(C)C(=O)[C@@H](c2ccccc2C)N(C)C)n1. The minimum atomic E-state index is -0.267. The van der Waals surface area contributed by atoms with Gasteiger partial charge in [0.1, 0.15) is 6.04 Å². The van der Waals surface area contributed by atoms with Crippen LogP contribution in [0.5, 0.6) is 0 Å². The van der Waals surface area contributed by atoms with Crippen molar-refractivity contribution >= 4 is 5.91 Å². The van der Waals surface area contributed by atoms with Crippen molar-refractivity contribution in [2.75, 3.05) is 27.7 Å². The topological polar surface area (TPSA) is 41.4 Å². The van der Waals surface area contributed by atoms with E-state index in [-0.39, 0.29) is 11.9 Å². The van der Waals surface area contributed by atoms with Gasteiger partial charge in [-0.3, -0.25) is 14.4 Å². The monoisotopic (exact) mass is 328 g/mol. The summed E-state index contributed by atoms with van der Waals surface area (Å²) in [6.45, 7) is 7.41. The van der Waals surface area contributed by atoms with Gasteiger partial charge in [-0.2, -0.15) is 5.10 Å². The Bertz CT molecular complexity index is 705. The number of hydrogen-bond acceptors (Lipinski definition) is 3. The summed E-state index contributed by atoms with van der Waals surface area (Å²) in [5.74, 6) is 0.107. The molecule has 0 aliphatic rings. The van der Waals surface area contributed by atoms with E-state index in [0.717, 1.165) is 22.5 Å². The van der Waals surface area contributed by atoms with Crippen LogP contribution in [-0.2, 0) is 11.3 Å². The summed E-state index contributed by atoms with van der Waals surface area (Å²) in [5.41, 5.74) is 4.32. The molecule has 0 N–H and O–H groups in total. The third kappa shape index (κ3) is 4.03. The fourth-order valence-corrected chi connectivity index (χ4v) is 2.99. The van der Waals surface area contributed by atoms with Gasteiger partial charge in [0.15, 0.2) is 0 Å². The zero-order valence-electron chi connectivity index (χ0n) is 15.6. The molecule has 0 saturated carbocycles. The van der Waals surface area contributed by atoms with E-state index in [1.165, 1.54) is 0 Å². The molecule has 2 rings (SSSR count). The number of aromatic nitrogens is 2. The molecule has 0 saturated heterocycles. The lowest BCUT2D eigenvalue weighted by Crippen LogP contribution is -2.40. The van der Waals surface area contributed by atoms with Gasteiger partial charge in [-0.15, -0.1) is 0 Å². The van der Waals surface area contributed by atoms with Gasteiger partial charge in [0.2, 0.25) is 5.91 Å². The second kappa shape index (κ2) is 7.62. The average molecular weight is 328 g/mol. The molecule has 0 aliphatic heterocycles.